The van der Waals surface area contributed by atoms with E-state index in [9.17, 15) is 13.2 Å². The fraction of sp³-hybridized carbons (Fsp3) is 0.115. The summed E-state index contributed by atoms with van der Waals surface area (Å²) in [6.45, 7) is 3.80. The fourth-order valence-corrected chi connectivity index (χ4v) is 5.95. The summed E-state index contributed by atoms with van der Waals surface area (Å²) in [6.07, 6.45) is 1.69. The minimum Gasteiger partial charge on any atom is -0.308 e. The third-order valence-electron chi connectivity index (χ3n) is 5.09. The molecule has 2 aromatic carbocycles. The molecule has 36 heavy (non-hydrogen) atoms. The van der Waals surface area contributed by atoms with Gasteiger partial charge in [-0.05, 0) is 74.5 Å². The average molecular weight is 520 g/mol. The highest BCUT2D eigenvalue weighted by Gasteiger charge is 2.24. The van der Waals surface area contributed by atoms with Crippen molar-refractivity contribution in [3.05, 3.63) is 85.1 Å². The summed E-state index contributed by atoms with van der Waals surface area (Å²) in [7, 11) is -2.27. The molecule has 2 heterocycles. The van der Waals surface area contributed by atoms with Crippen LogP contribution in [0.5, 0.6) is 0 Å². The monoisotopic (exact) mass is 519 g/mol. The lowest BCUT2D eigenvalue weighted by Gasteiger charge is -2.19. The van der Waals surface area contributed by atoms with E-state index in [0.29, 0.717) is 22.9 Å². The Hall–Kier alpha value is -4.02. The van der Waals surface area contributed by atoms with Gasteiger partial charge in [0.1, 0.15) is 4.21 Å². The second-order valence-corrected chi connectivity index (χ2v) is 11.3. The maximum atomic E-state index is 13.2. The lowest BCUT2D eigenvalue weighted by molar-refractivity contribution is 0.262. The smallest absolute Gasteiger partial charge is 0.308 e. The number of thiophene rings is 1. The number of nitrogens with zero attached hydrogens (tertiary/aromatic N) is 3. The van der Waals surface area contributed by atoms with Crippen LogP contribution in [0.2, 0.25) is 0 Å². The van der Waals surface area contributed by atoms with Crippen molar-refractivity contribution in [2.75, 3.05) is 22.0 Å². The molecule has 0 unspecified atom stereocenters. The van der Waals surface area contributed by atoms with Gasteiger partial charge in [-0.15, -0.1) is 11.3 Å². The summed E-state index contributed by atoms with van der Waals surface area (Å²) in [6, 6.07) is 22.3. The van der Waals surface area contributed by atoms with E-state index in [4.69, 9.17) is 0 Å². The molecule has 0 aliphatic carbocycles. The Bertz CT molecular complexity index is 1480. The number of hydrogen-bond acceptors (Lipinski definition) is 6. The second-order valence-electron chi connectivity index (χ2n) is 8.05. The molecule has 2 N–H and O–H groups in total. The van der Waals surface area contributed by atoms with E-state index in [1.165, 1.54) is 22.7 Å². The first-order valence-corrected chi connectivity index (χ1v) is 13.3. The third-order valence-corrected chi connectivity index (χ3v) is 8.47. The number of nitrogens with one attached hydrogen (secondary N) is 2. The molecule has 0 spiro atoms. The van der Waals surface area contributed by atoms with Crippen molar-refractivity contribution in [3.8, 4) is 10.4 Å². The molecular weight excluding hydrogens is 494 g/mol. The number of aliphatic imine (C=N–C) groups is 1. The number of urea groups is 1. The van der Waals surface area contributed by atoms with Gasteiger partial charge in [0.2, 0.25) is 0 Å². The van der Waals surface area contributed by atoms with Crippen LogP contribution in [0.15, 0.2) is 94.3 Å². The Morgan fingerprint density at radius 1 is 0.889 bits per heavy atom. The topological polar surface area (TPSA) is 104 Å². The number of anilines is 3. The summed E-state index contributed by atoms with van der Waals surface area (Å²) in [4.78, 5) is 21.6. The number of aromatic nitrogens is 1. The lowest BCUT2D eigenvalue weighted by atomic mass is 10.2. The summed E-state index contributed by atoms with van der Waals surface area (Å²) in [5, 5.41) is 5.47. The van der Waals surface area contributed by atoms with Crippen LogP contribution < -0.4 is 14.9 Å². The number of hydrogen-bond donors (Lipinski definition) is 2. The molecule has 0 saturated heterocycles. The van der Waals surface area contributed by atoms with Crippen LogP contribution >= 0.6 is 11.3 Å². The summed E-state index contributed by atoms with van der Waals surface area (Å²) in [5.41, 5.74) is 3.40. The predicted octanol–water partition coefficient (Wildman–Crippen LogP) is 6.39. The zero-order chi connectivity index (χ0) is 25.7. The van der Waals surface area contributed by atoms with Gasteiger partial charge in [-0.1, -0.05) is 18.2 Å². The van der Waals surface area contributed by atoms with Gasteiger partial charge in [-0.25, -0.2) is 23.2 Å². The fourth-order valence-electron chi connectivity index (χ4n) is 3.28. The number of carbonyl (C=O) groups excluding carboxylic acids is 1. The first-order chi connectivity index (χ1) is 17.2. The Balaban J connectivity index is 1.44. The Morgan fingerprint density at radius 3 is 2.17 bits per heavy atom. The number of para-hydroxylation sites is 1. The van der Waals surface area contributed by atoms with Crippen LogP contribution in [-0.2, 0) is 10.0 Å². The van der Waals surface area contributed by atoms with Gasteiger partial charge in [-0.3, -0.25) is 4.31 Å². The van der Waals surface area contributed by atoms with E-state index in [2.05, 4.69) is 20.6 Å². The van der Waals surface area contributed by atoms with Crippen molar-refractivity contribution >= 4 is 56.0 Å². The van der Waals surface area contributed by atoms with E-state index >= 15 is 0 Å². The molecule has 10 heteroatoms. The number of benzene rings is 2. The van der Waals surface area contributed by atoms with Crippen LogP contribution in [0.3, 0.4) is 0 Å². The van der Waals surface area contributed by atoms with Gasteiger partial charge in [-0.2, -0.15) is 0 Å². The van der Waals surface area contributed by atoms with Gasteiger partial charge in [0.15, 0.2) is 5.82 Å². The van der Waals surface area contributed by atoms with Crippen LogP contribution in [0, 0.1) is 0 Å². The van der Waals surface area contributed by atoms with Gasteiger partial charge in [0.05, 0.1) is 5.69 Å². The van der Waals surface area contributed by atoms with Crippen molar-refractivity contribution < 1.29 is 13.2 Å². The molecule has 0 atom stereocenters. The van der Waals surface area contributed by atoms with Crippen molar-refractivity contribution in [1.29, 1.82) is 0 Å². The molecule has 0 radical (unpaired) electrons. The number of carbonyl (C=O) groups is 1. The van der Waals surface area contributed by atoms with Crippen LogP contribution in [0.4, 0.5) is 27.7 Å². The molecule has 4 rings (SSSR count). The van der Waals surface area contributed by atoms with Crippen LogP contribution in [-0.4, -0.2) is 32.2 Å². The molecule has 0 fully saturated rings. The Kier molecular flexibility index (Phi) is 7.47. The predicted molar refractivity (Wildman–Crippen MR) is 147 cm³/mol. The largest absolute Gasteiger partial charge is 0.323 e. The van der Waals surface area contributed by atoms with E-state index in [-0.39, 0.29) is 10.2 Å². The molecular formula is C26H25N5O3S2. The van der Waals surface area contributed by atoms with Gasteiger partial charge < -0.3 is 10.6 Å². The van der Waals surface area contributed by atoms with E-state index in [0.717, 1.165) is 16.2 Å². The van der Waals surface area contributed by atoms with Crippen molar-refractivity contribution in [3.63, 3.8) is 0 Å². The molecule has 4 aromatic rings. The standard InChI is InChI=1S/C26H25N5O3S2/c1-18(2)28-24-15-9-19(17-27-24)23-14-16-25(35-23)36(33,34)31(3)22-12-10-21(11-13-22)30-26(32)29-20-7-5-4-6-8-20/h4-17H,1-3H3,(H2,29,30,32). The number of pyridine rings is 1. The molecule has 0 aliphatic rings. The van der Waals surface area contributed by atoms with E-state index in [1.807, 2.05) is 38.1 Å². The number of sulfonamides is 1. The van der Waals surface area contributed by atoms with Crippen LogP contribution in [0.25, 0.3) is 10.4 Å². The highest BCUT2D eigenvalue weighted by Crippen LogP contribution is 2.33. The quantitative estimate of drug-likeness (QED) is 0.276. The third kappa shape index (κ3) is 5.96. The normalized spacial score (nSPS) is 11.0. The zero-order valence-electron chi connectivity index (χ0n) is 20.0. The Labute approximate surface area is 214 Å². The SMILES string of the molecule is CC(C)=Nc1ccc(-c2ccc(S(=O)(=O)N(C)c3ccc(NC(=O)Nc4ccccc4)cc3)s2)cn1. The van der Waals surface area contributed by atoms with Crippen LogP contribution in [0.1, 0.15) is 13.8 Å². The summed E-state index contributed by atoms with van der Waals surface area (Å²) < 4.78 is 27.9. The van der Waals surface area contributed by atoms with Crippen molar-refractivity contribution in [2.45, 2.75) is 18.1 Å². The van der Waals surface area contributed by atoms with Crippen molar-refractivity contribution in [1.82, 2.24) is 4.98 Å². The van der Waals surface area contributed by atoms with E-state index < -0.39 is 10.0 Å². The number of rotatable bonds is 7. The summed E-state index contributed by atoms with van der Waals surface area (Å²) in [5.74, 6) is 0.610. The number of amides is 2. The lowest BCUT2D eigenvalue weighted by Crippen LogP contribution is -2.25. The molecule has 8 nitrogen and oxygen atoms in total. The second kappa shape index (κ2) is 10.7. The molecule has 184 valence electrons. The van der Waals surface area contributed by atoms with Gasteiger partial charge in [0.25, 0.3) is 10.0 Å². The van der Waals surface area contributed by atoms with Gasteiger partial charge >= 0.3 is 6.03 Å². The minimum absolute atomic E-state index is 0.218. The first-order valence-electron chi connectivity index (χ1n) is 11.0. The van der Waals surface area contributed by atoms with Gasteiger partial charge in [0, 0.05) is 40.8 Å². The highest BCUT2D eigenvalue weighted by atomic mass is 32.2. The zero-order valence-corrected chi connectivity index (χ0v) is 21.6. The molecule has 0 bridgehead atoms. The maximum absolute atomic E-state index is 13.2. The molecule has 0 saturated carbocycles. The van der Waals surface area contributed by atoms with E-state index in [1.54, 1.807) is 60.8 Å². The maximum Gasteiger partial charge on any atom is 0.323 e. The summed E-state index contributed by atoms with van der Waals surface area (Å²) >= 11 is 1.18. The van der Waals surface area contributed by atoms with Crippen molar-refractivity contribution in [2.24, 2.45) is 4.99 Å². The minimum atomic E-state index is -3.77. The molecule has 2 aromatic heterocycles. The molecule has 2 amide bonds. The molecule has 0 aliphatic heterocycles. The highest BCUT2D eigenvalue weighted by molar-refractivity contribution is 7.94. The Morgan fingerprint density at radius 2 is 1.56 bits per heavy atom. The first kappa shape index (κ1) is 25.1. The average Bonchev–Trinajstić information content (AvgIpc) is 3.36.